The van der Waals surface area contributed by atoms with Crippen molar-refractivity contribution < 1.29 is 14.3 Å². The molecule has 0 radical (unpaired) electrons. The molecule has 0 N–H and O–H groups in total. The van der Waals surface area contributed by atoms with Crippen molar-refractivity contribution in [1.29, 1.82) is 0 Å². The molecule has 7 nitrogen and oxygen atoms in total. The molecule has 0 spiro atoms. The van der Waals surface area contributed by atoms with Gasteiger partial charge in [-0.15, -0.1) is 10.2 Å². The van der Waals surface area contributed by atoms with Crippen LogP contribution in [-0.2, 0) is 9.53 Å². The number of carbonyl (C=O) groups excluding carboxylic acids is 2. The average molecular weight is 437 g/mol. The summed E-state index contributed by atoms with van der Waals surface area (Å²) < 4.78 is 5.43. The molecule has 0 amide bonds. The van der Waals surface area contributed by atoms with Crippen molar-refractivity contribution in [2.24, 2.45) is 15.6 Å². The number of hydrogen-bond donors (Lipinski definition) is 0. The second kappa shape index (κ2) is 10.5. The van der Waals surface area contributed by atoms with E-state index in [0.717, 1.165) is 30.0 Å². The maximum absolute atomic E-state index is 12.1. The van der Waals surface area contributed by atoms with E-state index in [4.69, 9.17) is 16.3 Å². The summed E-state index contributed by atoms with van der Waals surface area (Å²) in [7, 11) is 0. The number of likely N-dealkylation sites (N-methyl/N-ethyl adjacent to an activating group) is 1. The standard InChI is InChI=1S/C20H25ClN4O3S/c1-5-20(3,4)18(27)28-12-11-25(6-2)15-9-7-14(8-10-15)23-24-19-22-17(21)16(13-26)29-19/h7-10,13H,5-6,11-12H2,1-4H3. The van der Waals surface area contributed by atoms with Gasteiger partial charge < -0.3 is 9.64 Å². The van der Waals surface area contributed by atoms with Gasteiger partial charge >= 0.3 is 5.97 Å². The lowest BCUT2D eigenvalue weighted by molar-refractivity contribution is -0.153. The van der Waals surface area contributed by atoms with E-state index in [-0.39, 0.29) is 11.1 Å². The highest BCUT2D eigenvalue weighted by Crippen LogP contribution is 2.29. The first-order valence-electron chi connectivity index (χ1n) is 9.36. The second-order valence-electron chi connectivity index (χ2n) is 6.94. The van der Waals surface area contributed by atoms with Gasteiger partial charge in [-0.25, -0.2) is 4.98 Å². The van der Waals surface area contributed by atoms with Gasteiger partial charge in [-0.3, -0.25) is 9.59 Å². The minimum Gasteiger partial charge on any atom is -0.463 e. The second-order valence-corrected chi connectivity index (χ2v) is 8.31. The number of thiazole rings is 1. The number of aromatic nitrogens is 1. The van der Waals surface area contributed by atoms with Gasteiger partial charge in [0.15, 0.2) is 11.4 Å². The van der Waals surface area contributed by atoms with Gasteiger partial charge in [-0.1, -0.05) is 29.9 Å². The number of carbonyl (C=O) groups is 2. The number of benzene rings is 1. The van der Waals surface area contributed by atoms with Crippen LogP contribution in [-0.4, -0.2) is 36.9 Å². The fourth-order valence-corrected chi connectivity index (χ4v) is 3.19. The molecule has 0 aliphatic rings. The number of azo groups is 1. The lowest BCUT2D eigenvalue weighted by atomic mass is 9.91. The van der Waals surface area contributed by atoms with Crippen LogP contribution in [0.4, 0.5) is 16.5 Å². The molecule has 0 aliphatic carbocycles. The van der Waals surface area contributed by atoms with Gasteiger partial charge in [0.25, 0.3) is 0 Å². The van der Waals surface area contributed by atoms with Crippen molar-refractivity contribution in [3.63, 3.8) is 0 Å². The normalized spacial score (nSPS) is 11.6. The van der Waals surface area contributed by atoms with Crippen molar-refractivity contribution in [3.8, 4) is 0 Å². The van der Waals surface area contributed by atoms with Crippen molar-refractivity contribution in [2.45, 2.75) is 34.1 Å². The molecule has 29 heavy (non-hydrogen) atoms. The van der Waals surface area contributed by atoms with Gasteiger partial charge in [0.05, 0.1) is 17.6 Å². The first-order chi connectivity index (χ1) is 13.8. The minimum absolute atomic E-state index is 0.135. The number of halogens is 1. The summed E-state index contributed by atoms with van der Waals surface area (Å²) in [6.45, 7) is 9.52. The zero-order valence-corrected chi connectivity index (χ0v) is 18.6. The Balaban J connectivity index is 1.95. The molecule has 1 aromatic carbocycles. The van der Waals surface area contributed by atoms with Crippen molar-refractivity contribution in [3.05, 3.63) is 34.3 Å². The Morgan fingerprint density at radius 2 is 1.97 bits per heavy atom. The zero-order chi connectivity index (χ0) is 21.4. The summed E-state index contributed by atoms with van der Waals surface area (Å²) >= 11 is 6.91. The summed E-state index contributed by atoms with van der Waals surface area (Å²) in [5, 5.41) is 8.60. The molecule has 2 rings (SSSR count). The topological polar surface area (TPSA) is 84.2 Å². The highest BCUT2D eigenvalue weighted by molar-refractivity contribution is 7.17. The van der Waals surface area contributed by atoms with E-state index in [1.807, 2.05) is 52.0 Å². The van der Waals surface area contributed by atoms with Gasteiger partial charge in [-0.2, -0.15) is 0 Å². The predicted molar refractivity (Wildman–Crippen MR) is 116 cm³/mol. The van der Waals surface area contributed by atoms with E-state index in [1.165, 1.54) is 0 Å². The minimum atomic E-state index is -0.460. The molecule has 0 atom stereocenters. The lowest BCUT2D eigenvalue weighted by Crippen LogP contribution is -2.31. The molecule has 2 aromatic rings. The summed E-state index contributed by atoms with van der Waals surface area (Å²) in [6, 6.07) is 7.54. The fraction of sp³-hybridized carbons (Fsp3) is 0.450. The highest BCUT2D eigenvalue weighted by Gasteiger charge is 2.26. The Hall–Kier alpha value is -2.32. The molecular weight excluding hydrogens is 412 g/mol. The number of anilines is 1. The zero-order valence-electron chi connectivity index (χ0n) is 17.0. The van der Waals surface area contributed by atoms with Crippen LogP contribution in [0.5, 0.6) is 0 Å². The molecule has 0 saturated heterocycles. The number of rotatable bonds is 10. The SMILES string of the molecule is CCN(CCOC(=O)C(C)(C)CC)c1ccc(N=Nc2nc(Cl)c(C=O)s2)cc1. The largest absolute Gasteiger partial charge is 0.463 e. The van der Waals surface area contributed by atoms with E-state index in [9.17, 15) is 9.59 Å². The Labute approximate surface area is 179 Å². The first-order valence-corrected chi connectivity index (χ1v) is 10.6. The van der Waals surface area contributed by atoms with Crippen LogP contribution in [0.1, 0.15) is 43.8 Å². The third kappa shape index (κ3) is 6.33. The van der Waals surface area contributed by atoms with Crippen molar-refractivity contribution in [2.75, 3.05) is 24.6 Å². The van der Waals surface area contributed by atoms with E-state index in [2.05, 4.69) is 20.1 Å². The molecule has 9 heteroatoms. The van der Waals surface area contributed by atoms with Crippen molar-refractivity contribution in [1.82, 2.24) is 4.98 Å². The fourth-order valence-electron chi connectivity index (χ4n) is 2.31. The van der Waals surface area contributed by atoms with Crippen LogP contribution in [0.15, 0.2) is 34.5 Å². The molecule has 0 saturated carbocycles. The maximum atomic E-state index is 12.1. The molecular formula is C20H25ClN4O3S. The Kier molecular flexibility index (Phi) is 8.28. The van der Waals surface area contributed by atoms with E-state index < -0.39 is 5.41 Å². The smallest absolute Gasteiger partial charge is 0.311 e. The van der Waals surface area contributed by atoms with Crippen molar-refractivity contribution >= 4 is 51.7 Å². The van der Waals surface area contributed by atoms with Gasteiger partial charge in [0, 0.05) is 12.2 Å². The molecule has 0 bridgehead atoms. The maximum Gasteiger partial charge on any atom is 0.311 e. The summed E-state index contributed by atoms with van der Waals surface area (Å²) in [5.74, 6) is -0.174. The van der Waals surface area contributed by atoms with E-state index in [1.54, 1.807) is 0 Å². The number of hydrogen-bond acceptors (Lipinski definition) is 8. The molecule has 1 heterocycles. The number of ether oxygens (including phenoxy) is 1. The van der Waals surface area contributed by atoms with Crippen LogP contribution in [0.2, 0.25) is 5.15 Å². The summed E-state index contributed by atoms with van der Waals surface area (Å²) in [6.07, 6.45) is 1.39. The van der Waals surface area contributed by atoms with E-state index >= 15 is 0 Å². The number of esters is 1. The molecule has 0 aliphatic heterocycles. The predicted octanol–water partition coefficient (Wildman–Crippen LogP) is 5.83. The molecule has 156 valence electrons. The Bertz CT molecular complexity index is 865. The van der Waals surface area contributed by atoms with E-state index in [0.29, 0.717) is 35.1 Å². The summed E-state index contributed by atoms with van der Waals surface area (Å²) in [5.41, 5.74) is 1.19. The van der Waals surface area contributed by atoms with Crippen LogP contribution in [0.25, 0.3) is 0 Å². The molecule has 1 aromatic heterocycles. The monoisotopic (exact) mass is 436 g/mol. The third-order valence-corrected chi connectivity index (χ3v) is 5.85. The Morgan fingerprint density at radius 3 is 2.52 bits per heavy atom. The van der Waals surface area contributed by atoms with Gasteiger partial charge in [0.1, 0.15) is 11.5 Å². The van der Waals surface area contributed by atoms with Crippen LogP contribution >= 0.6 is 22.9 Å². The number of nitrogens with zero attached hydrogens (tertiary/aromatic N) is 4. The van der Waals surface area contributed by atoms with Crippen LogP contribution < -0.4 is 4.90 Å². The first kappa shape index (κ1) is 23.0. The Morgan fingerprint density at radius 1 is 1.28 bits per heavy atom. The molecule has 0 fully saturated rings. The molecule has 0 unspecified atom stereocenters. The average Bonchev–Trinajstić information content (AvgIpc) is 3.09. The highest BCUT2D eigenvalue weighted by atomic mass is 35.5. The third-order valence-electron chi connectivity index (χ3n) is 4.58. The van der Waals surface area contributed by atoms with Crippen LogP contribution in [0.3, 0.4) is 0 Å². The number of aldehydes is 1. The quantitative estimate of drug-likeness (QED) is 0.265. The van der Waals surface area contributed by atoms with Gasteiger partial charge in [-0.05, 0) is 51.5 Å². The lowest BCUT2D eigenvalue weighted by Gasteiger charge is -2.25. The summed E-state index contributed by atoms with van der Waals surface area (Å²) in [4.78, 5) is 29.3. The van der Waals surface area contributed by atoms with Gasteiger partial charge in [0.2, 0.25) is 5.13 Å². The van der Waals surface area contributed by atoms with Crippen LogP contribution in [0, 0.1) is 5.41 Å².